The van der Waals surface area contributed by atoms with Crippen LogP contribution in [0.1, 0.15) is 18.5 Å². The maximum Gasteiger partial charge on any atom is 0.278 e. The molecule has 0 aliphatic carbocycles. The molecule has 0 unspecified atom stereocenters. The quantitative estimate of drug-likeness (QED) is 0.740. The van der Waals surface area contributed by atoms with Crippen molar-refractivity contribution in [2.24, 2.45) is 0 Å². The van der Waals surface area contributed by atoms with Gasteiger partial charge in [0.05, 0.1) is 0 Å². The van der Waals surface area contributed by atoms with Gasteiger partial charge in [-0.25, -0.2) is 0 Å². The summed E-state index contributed by atoms with van der Waals surface area (Å²) in [5, 5.41) is 2.70. The van der Waals surface area contributed by atoms with Gasteiger partial charge in [-0.2, -0.15) is 8.42 Å². The molecule has 1 rings (SSSR count). The predicted molar refractivity (Wildman–Crippen MR) is 54.4 cm³/mol. The fourth-order valence-corrected chi connectivity index (χ4v) is 1.55. The highest BCUT2D eigenvalue weighted by Gasteiger charge is 2.08. The summed E-state index contributed by atoms with van der Waals surface area (Å²) >= 11 is 0. The molecule has 78 valence electrons. The Morgan fingerprint density at radius 1 is 1.36 bits per heavy atom. The summed E-state index contributed by atoms with van der Waals surface area (Å²) < 4.78 is 29.4. The summed E-state index contributed by atoms with van der Waals surface area (Å²) in [6, 6.07) is 9.32. The fourth-order valence-electron chi connectivity index (χ4n) is 1.09. The van der Waals surface area contributed by atoms with Crippen LogP contribution in [0, 0.1) is 0 Å². The Kier molecular flexibility index (Phi) is 3.62. The average Bonchev–Trinajstić information content (AvgIpc) is 2.14. The highest BCUT2D eigenvalue weighted by molar-refractivity contribution is 7.85. The second-order valence-corrected chi connectivity index (χ2v) is 4.52. The van der Waals surface area contributed by atoms with Crippen LogP contribution in [0.2, 0.25) is 0 Å². The molecule has 0 saturated carbocycles. The smallest absolute Gasteiger partial charge is 0.278 e. The van der Waals surface area contributed by atoms with E-state index in [0.717, 1.165) is 5.56 Å². The predicted octanol–water partition coefficient (Wildman–Crippen LogP) is 1.18. The van der Waals surface area contributed by atoms with Crippen molar-refractivity contribution >= 4 is 10.1 Å². The molecule has 2 N–H and O–H groups in total. The molecule has 1 aromatic rings. The van der Waals surface area contributed by atoms with E-state index in [1.165, 1.54) is 0 Å². The first kappa shape index (κ1) is 11.2. The standard InChI is InChI=1S/C9H13NO3S/c1-8(10-7-14(11,12)13)9-5-3-2-4-6-9/h2-6,8,10H,7H2,1H3,(H,11,12,13)/t8-/m1/s1. The normalized spacial score (nSPS) is 13.9. The first-order valence-electron chi connectivity index (χ1n) is 4.22. The van der Waals surface area contributed by atoms with Gasteiger partial charge < -0.3 is 0 Å². The molecule has 0 amide bonds. The van der Waals surface area contributed by atoms with Crippen molar-refractivity contribution < 1.29 is 13.0 Å². The molecule has 4 nitrogen and oxygen atoms in total. The van der Waals surface area contributed by atoms with Gasteiger partial charge >= 0.3 is 0 Å². The molecule has 1 aromatic carbocycles. The van der Waals surface area contributed by atoms with Gasteiger partial charge in [-0.1, -0.05) is 30.3 Å². The second-order valence-electron chi connectivity index (χ2n) is 3.06. The van der Waals surface area contributed by atoms with Crippen molar-refractivity contribution in [3.63, 3.8) is 0 Å². The van der Waals surface area contributed by atoms with Gasteiger partial charge in [-0.15, -0.1) is 0 Å². The average molecular weight is 215 g/mol. The molecule has 0 fully saturated rings. The Morgan fingerprint density at radius 3 is 2.43 bits per heavy atom. The Balaban J connectivity index is 2.56. The minimum absolute atomic E-state index is 0.0990. The molecule has 14 heavy (non-hydrogen) atoms. The van der Waals surface area contributed by atoms with Crippen molar-refractivity contribution in [1.82, 2.24) is 5.32 Å². The number of benzene rings is 1. The maximum atomic E-state index is 10.5. The van der Waals surface area contributed by atoms with Gasteiger partial charge in [-0.3, -0.25) is 9.87 Å². The van der Waals surface area contributed by atoms with E-state index in [2.05, 4.69) is 5.32 Å². The molecule has 0 aliphatic heterocycles. The summed E-state index contributed by atoms with van der Waals surface area (Å²) in [6.07, 6.45) is 0. The zero-order chi connectivity index (χ0) is 10.6. The summed E-state index contributed by atoms with van der Waals surface area (Å²) in [5.41, 5.74) is 0.983. The Bertz CT molecular complexity index is 374. The van der Waals surface area contributed by atoms with Crippen LogP contribution in [0.3, 0.4) is 0 Å². The van der Waals surface area contributed by atoms with Gasteiger partial charge in [0.25, 0.3) is 10.1 Å². The highest BCUT2D eigenvalue weighted by atomic mass is 32.2. The second kappa shape index (κ2) is 4.54. The minimum Gasteiger partial charge on any atom is -0.295 e. The topological polar surface area (TPSA) is 66.4 Å². The van der Waals surface area contributed by atoms with Crippen molar-refractivity contribution in [2.45, 2.75) is 13.0 Å². The lowest BCUT2D eigenvalue weighted by Gasteiger charge is -2.12. The summed E-state index contributed by atoms with van der Waals surface area (Å²) in [5.74, 6) is -0.428. The number of hydrogen-bond donors (Lipinski definition) is 2. The van der Waals surface area contributed by atoms with E-state index >= 15 is 0 Å². The summed E-state index contributed by atoms with van der Waals surface area (Å²) in [6.45, 7) is 1.83. The minimum atomic E-state index is -3.94. The fraction of sp³-hybridized carbons (Fsp3) is 0.333. The zero-order valence-electron chi connectivity index (χ0n) is 7.84. The molecular formula is C9H13NO3S. The molecule has 0 aliphatic rings. The SMILES string of the molecule is C[C@@H](NCS(=O)(=O)O)c1ccccc1. The van der Waals surface area contributed by atoms with Gasteiger partial charge in [-0.05, 0) is 12.5 Å². The molecular weight excluding hydrogens is 202 g/mol. The van der Waals surface area contributed by atoms with Gasteiger partial charge in [0.2, 0.25) is 0 Å². The maximum absolute atomic E-state index is 10.5. The van der Waals surface area contributed by atoms with Gasteiger partial charge in [0.1, 0.15) is 5.88 Å². The van der Waals surface area contributed by atoms with Crippen LogP contribution in [0.25, 0.3) is 0 Å². The Labute approximate surface area is 83.7 Å². The largest absolute Gasteiger partial charge is 0.295 e. The van der Waals surface area contributed by atoms with Crippen molar-refractivity contribution in [1.29, 1.82) is 0 Å². The van der Waals surface area contributed by atoms with Crippen LogP contribution in [0.15, 0.2) is 30.3 Å². The van der Waals surface area contributed by atoms with E-state index < -0.39 is 16.0 Å². The summed E-state index contributed by atoms with van der Waals surface area (Å²) in [7, 11) is -3.94. The van der Waals surface area contributed by atoms with Gasteiger partial charge in [0.15, 0.2) is 0 Å². The van der Waals surface area contributed by atoms with Crippen LogP contribution in [-0.4, -0.2) is 18.8 Å². The number of hydrogen-bond acceptors (Lipinski definition) is 3. The van der Waals surface area contributed by atoms with Crippen LogP contribution in [0.5, 0.6) is 0 Å². The molecule has 0 aromatic heterocycles. The lowest BCUT2D eigenvalue weighted by Crippen LogP contribution is -2.25. The van der Waals surface area contributed by atoms with E-state index in [1.54, 1.807) is 0 Å². The van der Waals surface area contributed by atoms with Crippen LogP contribution < -0.4 is 5.32 Å². The van der Waals surface area contributed by atoms with Crippen LogP contribution in [-0.2, 0) is 10.1 Å². The van der Waals surface area contributed by atoms with Crippen molar-refractivity contribution in [2.75, 3.05) is 5.88 Å². The zero-order valence-corrected chi connectivity index (χ0v) is 8.66. The molecule has 0 heterocycles. The molecule has 0 bridgehead atoms. The molecule has 0 spiro atoms. The third kappa shape index (κ3) is 3.87. The lowest BCUT2D eigenvalue weighted by molar-refractivity contribution is 0.470. The third-order valence-electron chi connectivity index (χ3n) is 1.87. The number of rotatable bonds is 4. The molecule has 0 radical (unpaired) electrons. The summed E-state index contributed by atoms with van der Waals surface area (Å²) in [4.78, 5) is 0. The first-order valence-corrected chi connectivity index (χ1v) is 5.83. The van der Waals surface area contributed by atoms with E-state index in [1.807, 2.05) is 37.3 Å². The van der Waals surface area contributed by atoms with Gasteiger partial charge in [0, 0.05) is 6.04 Å². The van der Waals surface area contributed by atoms with Crippen LogP contribution in [0.4, 0.5) is 0 Å². The Morgan fingerprint density at radius 2 is 1.93 bits per heavy atom. The third-order valence-corrected chi connectivity index (χ3v) is 2.40. The monoisotopic (exact) mass is 215 g/mol. The molecule has 0 saturated heterocycles. The molecule has 5 heteroatoms. The van der Waals surface area contributed by atoms with Crippen molar-refractivity contribution in [3.8, 4) is 0 Å². The van der Waals surface area contributed by atoms with Crippen molar-refractivity contribution in [3.05, 3.63) is 35.9 Å². The van der Waals surface area contributed by atoms with E-state index in [9.17, 15) is 8.42 Å². The van der Waals surface area contributed by atoms with E-state index in [0.29, 0.717) is 0 Å². The van der Waals surface area contributed by atoms with E-state index in [-0.39, 0.29) is 6.04 Å². The first-order chi connectivity index (χ1) is 6.49. The highest BCUT2D eigenvalue weighted by Crippen LogP contribution is 2.10. The lowest BCUT2D eigenvalue weighted by atomic mass is 10.1. The number of nitrogens with one attached hydrogen (secondary N) is 1. The van der Waals surface area contributed by atoms with Crippen LogP contribution >= 0.6 is 0 Å². The molecule has 1 atom stereocenters. The Hall–Kier alpha value is -0.910. The van der Waals surface area contributed by atoms with E-state index in [4.69, 9.17) is 4.55 Å².